The quantitative estimate of drug-likeness (QED) is 0.723. The van der Waals surface area contributed by atoms with Crippen molar-refractivity contribution in [2.45, 2.75) is 32.4 Å². The Bertz CT molecular complexity index is 394. The van der Waals surface area contributed by atoms with Gasteiger partial charge in [0.25, 0.3) is 0 Å². The molecule has 1 unspecified atom stereocenters. The first-order valence-electron chi connectivity index (χ1n) is 4.78. The van der Waals surface area contributed by atoms with Gasteiger partial charge in [0.05, 0.1) is 4.75 Å². The van der Waals surface area contributed by atoms with Gasteiger partial charge in [-0.3, -0.25) is 4.98 Å². The van der Waals surface area contributed by atoms with Crippen LogP contribution >= 0.6 is 0 Å². The van der Waals surface area contributed by atoms with Gasteiger partial charge in [-0.25, -0.2) is 4.21 Å². The summed E-state index contributed by atoms with van der Waals surface area (Å²) in [5, 5.41) is 0. The predicted octanol–water partition coefficient (Wildman–Crippen LogP) is 2.27. The van der Waals surface area contributed by atoms with Crippen molar-refractivity contribution in [3.8, 4) is 0 Å². The monoisotopic (exact) mass is 224 g/mol. The van der Waals surface area contributed by atoms with Crippen molar-refractivity contribution in [1.29, 1.82) is 0 Å². The summed E-state index contributed by atoms with van der Waals surface area (Å²) in [6.07, 6.45) is 5.12. The number of pyridine rings is 1. The largest absolute Gasteiger partial charge is 0.264 e. The van der Waals surface area contributed by atoms with Gasteiger partial charge >= 0.3 is 0 Å². The molecule has 0 fully saturated rings. The summed E-state index contributed by atoms with van der Waals surface area (Å²) in [6.45, 7) is 7.66. The second kappa shape index (κ2) is 4.66. The standard InChI is InChI=1S/C11H16N2OS/c1-9-7-12-6-5-10(9)8-13-15(14)11(2,3)4/h5-8H,1-4H3/b13-8-. The Kier molecular flexibility index (Phi) is 3.74. The SMILES string of the molecule is Cc1cnccc1/C=N\S(=O)C(C)(C)C. The van der Waals surface area contributed by atoms with Crippen molar-refractivity contribution in [2.75, 3.05) is 0 Å². The van der Waals surface area contributed by atoms with E-state index >= 15 is 0 Å². The molecule has 15 heavy (non-hydrogen) atoms. The van der Waals surface area contributed by atoms with E-state index in [4.69, 9.17) is 0 Å². The Labute approximate surface area is 93.2 Å². The lowest BCUT2D eigenvalue weighted by Crippen LogP contribution is -2.19. The average molecular weight is 224 g/mol. The second-order valence-electron chi connectivity index (χ2n) is 4.33. The van der Waals surface area contributed by atoms with E-state index in [1.807, 2.05) is 33.8 Å². The molecule has 0 saturated heterocycles. The van der Waals surface area contributed by atoms with Crippen LogP contribution in [0.3, 0.4) is 0 Å². The molecule has 0 bridgehead atoms. The van der Waals surface area contributed by atoms with Crippen LogP contribution in [0.15, 0.2) is 22.9 Å². The lowest BCUT2D eigenvalue weighted by atomic mass is 10.2. The van der Waals surface area contributed by atoms with Crippen molar-refractivity contribution in [2.24, 2.45) is 4.40 Å². The zero-order chi connectivity index (χ0) is 11.5. The van der Waals surface area contributed by atoms with Crippen molar-refractivity contribution >= 4 is 17.2 Å². The Morgan fingerprint density at radius 1 is 1.47 bits per heavy atom. The Balaban J connectivity index is 2.84. The van der Waals surface area contributed by atoms with Crippen LogP contribution < -0.4 is 0 Å². The highest BCUT2D eigenvalue weighted by atomic mass is 32.2. The second-order valence-corrected chi connectivity index (χ2v) is 6.26. The summed E-state index contributed by atoms with van der Waals surface area (Å²) in [4.78, 5) is 3.98. The number of hydrogen-bond donors (Lipinski definition) is 0. The topological polar surface area (TPSA) is 42.3 Å². The van der Waals surface area contributed by atoms with Crippen LogP contribution in [0, 0.1) is 6.92 Å². The van der Waals surface area contributed by atoms with Crippen LogP contribution in [0.2, 0.25) is 0 Å². The first-order valence-corrected chi connectivity index (χ1v) is 5.88. The summed E-state index contributed by atoms with van der Waals surface area (Å²) < 4.78 is 15.4. The van der Waals surface area contributed by atoms with E-state index in [2.05, 4.69) is 9.38 Å². The third kappa shape index (κ3) is 3.55. The molecule has 1 aromatic rings. The Hall–Kier alpha value is -1.03. The molecule has 0 saturated carbocycles. The molecule has 0 aliphatic heterocycles. The predicted molar refractivity (Wildman–Crippen MR) is 64.5 cm³/mol. The third-order valence-electron chi connectivity index (χ3n) is 1.88. The normalized spacial score (nSPS) is 14.4. The summed E-state index contributed by atoms with van der Waals surface area (Å²) in [7, 11) is -1.20. The lowest BCUT2D eigenvalue weighted by Gasteiger charge is -2.12. The van der Waals surface area contributed by atoms with Gasteiger partial charge in [-0.15, -0.1) is 0 Å². The maximum atomic E-state index is 11.6. The summed E-state index contributed by atoms with van der Waals surface area (Å²) >= 11 is 0. The van der Waals surface area contributed by atoms with Crippen LogP contribution in [0.1, 0.15) is 31.9 Å². The molecule has 0 aromatic carbocycles. The maximum absolute atomic E-state index is 11.6. The van der Waals surface area contributed by atoms with E-state index in [0.29, 0.717) is 0 Å². The Morgan fingerprint density at radius 2 is 2.13 bits per heavy atom. The number of aryl methyl sites for hydroxylation is 1. The summed E-state index contributed by atoms with van der Waals surface area (Å²) in [5.41, 5.74) is 2.00. The third-order valence-corrected chi connectivity index (χ3v) is 3.22. The number of hydrogen-bond acceptors (Lipinski definition) is 2. The van der Waals surface area contributed by atoms with E-state index in [1.54, 1.807) is 18.6 Å². The number of aromatic nitrogens is 1. The van der Waals surface area contributed by atoms with Gasteiger partial charge in [0.2, 0.25) is 0 Å². The molecule has 0 N–H and O–H groups in total. The molecule has 0 amide bonds. The van der Waals surface area contributed by atoms with Crippen molar-refractivity contribution in [3.05, 3.63) is 29.6 Å². The van der Waals surface area contributed by atoms with E-state index in [1.165, 1.54) is 0 Å². The fourth-order valence-corrected chi connectivity index (χ4v) is 1.42. The fraction of sp³-hybridized carbons (Fsp3) is 0.455. The van der Waals surface area contributed by atoms with E-state index in [9.17, 15) is 4.21 Å². The van der Waals surface area contributed by atoms with Gasteiger partial charge in [-0.2, -0.15) is 4.40 Å². The van der Waals surface area contributed by atoms with Crippen LogP contribution in [0.25, 0.3) is 0 Å². The van der Waals surface area contributed by atoms with E-state index in [0.717, 1.165) is 11.1 Å². The minimum absolute atomic E-state index is 0.308. The van der Waals surface area contributed by atoms with Gasteiger partial charge in [-0.05, 0) is 44.9 Å². The molecule has 0 aliphatic carbocycles. The number of rotatable bonds is 2. The zero-order valence-corrected chi connectivity index (χ0v) is 10.3. The molecule has 82 valence electrons. The van der Waals surface area contributed by atoms with Gasteiger partial charge in [0.1, 0.15) is 11.0 Å². The minimum Gasteiger partial charge on any atom is -0.264 e. The molecule has 3 nitrogen and oxygen atoms in total. The fourth-order valence-electron chi connectivity index (χ4n) is 0.892. The average Bonchev–Trinajstić information content (AvgIpc) is 2.14. The van der Waals surface area contributed by atoms with Crippen LogP contribution in [-0.4, -0.2) is 20.2 Å². The lowest BCUT2D eigenvalue weighted by molar-refractivity contribution is 0.651. The smallest absolute Gasteiger partial charge is 0.144 e. The van der Waals surface area contributed by atoms with Crippen molar-refractivity contribution in [1.82, 2.24) is 4.98 Å². The molecule has 1 atom stereocenters. The van der Waals surface area contributed by atoms with Gasteiger partial charge in [-0.1, -0.05) is 0 Å². The highest BCUT2D eigenvalue weighted by molar-refractivity contribution is 7.85. The first-order chi connectivity index (χ1) is 6.91. The molecule has 1 aromatic heterocycles. The first kappa shape index (κ1) is 12.0. The van der Waals surface area contributed by atoms with Crippen LogP contribution in [-0.2, 0) is 11.0 Å². The maximum Gasteiger partial charge on any atom is 0.144 e. The molecule has 1 heterocycles. The minimum atomic E-state index is -1.20. The molecule has 0 spiro atoms. The molecule has 1 rings (SSSR count). The molecular formula is C11H16N2OS. The van der Waals surface area contributed by atoms with Gasteiger partial charge in [0, 0.05) is 18.6 Å². The van der Waals surface area contributed by atoms with Gasteiger partial charge < -0.3 is 0 Å². The van der Waals surface area contributed by atoms with E-state index < -0.39 is 11.0 Å². The van der Waals surface area contributed by atoms with Gasteiger partial charge in [0.15, 0.2) is 0 Å². The Morgan fingerprint density at radius 3 is 2.67 bits per heavy atom. The van der Waals surface area contributed by atoms with Crippen molar-refractivity contribution < 1.29 is 4.21 Å². The highest BCUT2D eigenvalue weighted by Gasteiger charge is 2.18. The summed E-state index contributed by atoms with van der Waals surface area (Å²) in [6, 6.07) is 1.86. The zero-order valence-electron chi connectivity index (χ0n) is 9.52. The molecule has 4 heteroatoms. The molecule has 0 radical (unpaired) electrons. The van der Waals surface area contributed by atoms with Crippen LogP contribution in [0.4, 0.5) is 0 Å². The van der Waals surface area contributed by atoms with Crippen LogP contribution in [0.5, 0.6) is 0 Å². The summed E-state index contributed by atoms with van der Waals surface area (Å²) in [5.74, 6) is 0. The van der Waals surface area contributed by atoms with Crippen molar-refractivity contribution in [3.63, 3.8) is 0 Å². The van der Waals surface area contributed by atoms with E-state index in [-0.39, 0.29) is 4.75 Å². The molecule has 0 aliphatic rings. The molecular weight excluding hydrogens is 208 g/mol. The number of nitrogens with zero attached hydrogens (tertiary/aromatic N) is 2. The highest BCUT2D eigenvalue weighted by Crippen LogP contribution is 2.12.